The van der Waals surface area contributed by atoms with E-state index in [2.05, 4.69) is 20.9 Å². The lowest BCUT2D eigenvalue weighted by Gasteiger charge is -2.19. The van der Waals surface area contributed by atoms with Crippen LogP contribution >= 0.6 is 0 Å². The lowest BCUT2D eigenvalue weighted by atomic mass is 10.1. The van der Waals surface area contributed by atoms with Gasteiger partial charge in [-0.2, -0.15) is 0 Å². The summed E-state index contributed by atoms with van der Waals surface area (Å²) < 4.78 is 3.60. The van der Waals surface area contributed by atoms with Gasteiger partial charge in [-0.1, -0.05) is 5.21 Å². The number of hydrogen-bond acceptors (Lipinski definition) is 4. The Bertz CT molecular complexity index is 561. The van der Waals surface area contributed by atoms with Crippen molar-refractivity contribution in [3.63, 3.8) is 0 Å². The van der Waals surface area contributed by atoms with E-state index in [1.807, 2.05) is 36.1 Å². The first-order chi connectivity index (χ1) is 9.25. The second-order valence-corrected chi connectivity index (χ2v) is 4.69. The van der Waals surface area contributed by atoms with Crippen LogP contribution in [0.1, 0.15) is 16.5 Å². The zero-order valence-corrected chi connectivity index (χ0v) is 10.7. The Morgan fingerprint density at radius 1 is 1.47 bits per heavy atom. The first kappa shape index (κ1) is 11.9. The number of nitrogens with zero attached hydrogens (tertiary/aromatic N) is 4. The molecule has 0 saturated carbocycles. The molecule has 100 valence electrons. The third-order valence-electron chi connectivity index (χ3n) is 3.46. The van der Waals surface area contributed by atoms with Crippen LogP contribution in [0.4, 0.5) is 0 Å². The topological polar surface area (TPSA) is 76.8 Å². The van der Waals surface area contributed by atoms with Gasteiger partial charge in [0.2, 0.25) is 0 Å². The molecular weight excluding hydrogens is 244 g/mol. The van der Waals surface area contributed by atoms with Crippen LogP contribution in [-0.2, 0) is 7.05 Å². The molecule has 7 nitrogen and oxygen atoms in total. The zero-order chi connectivity index (χ0) is 13.2. The highest BCUT2D eigenvalue weighted by molar-refractivity contribution is 5.93. The molecule has 3 heterocycles. The molecule has 19 heavy (non-hydrogen) atoms. The molecule has 3 rings (SSSR count). The predicted octanol–water partition coefficient (Wildman–Crippen LogP) is -0.440. The number of carbonyl (C=O) groups excluding carboxylic acids is 1. The average molecular weight is 260 g/mol. The maximum absolute atomic E-state index is 12.2. The first-order valence-corrected chi connectivity index (χ1v) is 6.24. The van der Waals surface area contributed by atoms with Crippen molar-refractivity contribution < 1.29 is 4.79 Å². The van der Waals surface area contributed by atoms with Gasteiger partial charge in [-0.25, -0.2) is 4.68 Å². The van der Waals surface area contributed by atoms with Crippen molar-refractivity contribution in [2.75, 3.05) is 13.1 Å². The fourth-order valence-corrected chi connectivity index (χ4v) is 2.42. The molecule has 1 saturated heterocycles. The predicted molar refractivity (Wildman–Crippen MR) is 68.6 cm³/mol. The van der Waals surface area contributed by atoms with Crippen LogP contribution in [-0.4, -0.2) is 44.6 Å². The second-order valence-electron chi connectivity index (χ2n) is 4.69. The van der Waals surface area contributed by atoms with Gasteiger partial charge >= 0.3 is 0 Å². The van der Waals surface area contributed by atoms with Crippen molar-refractivity contribution >= 4 is 5.91 Å². The summed E-state index contributed by atoms with van der Waals surface area (Å²) in [6, 6.07) is 3.79. The number of carbonyl (C=O) groups is 1. The van der Waals surface area contributed by atoms with Crippen LogP contribution in [0.2, 0.25) is 0 Å². The van der Waals surface area contributed by atoms with Gasteiger partial charge in [0.25, 0.3) is 5.91 Å². The molecule has 1 aliphatic rings. The van der Waals surface area contributed by atoms with E-state index in [1.165, 1.54) is 0 Å². The minimum absolute atomic E-state index is 0.0177. The van der Waals surface area contributed by atoms with E-state index in [9.17, 15) is 4.79 Å². The smallest absolute Gasteiger partial charge is 0.268 e. The van der Waals surface area contributed by atoms with Crippen molar-refractivity contribution in [3.05, 3.63) is 36.4 Å². The lowest BCUT2D eigenvalue weighted by Crippen LogP contribution is -2.41. The molecule has 0 spiro atoms. The molecule has 2 N–H and O–H groups in total. The molecule has 0 bridgehead atoms. The number of rotatable bonds is 3. The van der Waals surface area contributed by atoms with Gasteiger partial charge in [0.15, 0.2) is 0 Å². The van der Waals surface area contributed by atoms with Crippen LogP contribution in [0.5, 0.6) is 0 Å². The molecule has 0 radical (unpaired) electrons. The van der Waals surface area contributed by atoms with Gasteiger partial charge in [-0.15, -0.1) is 5.10 Å². The summed E-state index contributed by atoms with van der Waals surface area (Å²) in [5, 5.41) is 14.1. The summed E-state index contributed by atoms with van der Waals surface area (Å²) in [5.74, 6) is -0.0636. The van der Waals surface area contributed by atoms with Crippen LogP contribution in [0.25, 0.3) is 0 Å². The zero-order valence-electron chi connectivity index (χ0n) is 10.7. The van der Waals surface area contributed by atoms with Crippen LogP contribution < -0.4 is 10.6 Å². The summed E-state index contributed by atoms with van der Waals surface area (Å²) in [6.45, 7) is 1.52. The van der Waals surface area contributed by atoms with Crippen molar-refractivity contribution in [1.29, 1.82) is 0 Å². The van der Waals surface area contributed by atoms with E-state index in [0.717, 1.165) is 13.1 Å². The van der Waals surface area contributed by atoms with Gasteiger partial charge in [0, 0.05) is 32.5 Å². The Labute approximate surface area is 110 Å². The average Bonchev–Trinajstić information content (AvgIpc) is 3.07. The normalized spacial score (nSPS) is 22.6. The van der Waals surface area contributed by atoms with Crippen molar-refractivity contribution in [1.82, 2.24) is 30.2 Å². The third-order valence-corrected chi connectivity index (χ3v) is 3.46. The highest BCUT2D eigenvalue weighted by Crippen LogP contribution is 2.14. The quantitative estimate of drug-likeness (QED) is 0.784. The van der Waals surface area contributed by atoms with Gasteiger partial charge in [0.1, 0.15) is 5.69 Å². The molecule has 2 aromatic heterocycles. The fourth-order valence-electron chi connectivity index (χ4n) is 2.42. The van der Waals surface area contributed by atoms with Gasteiger partial charge < -0.3 is 15.2 Å². The Morgan fingerprint density at radius 3 is 3.05 bits per heavy atom. The van der Waals surface area contributed by atoms with Crippen molar-refractivity contribution in [2.24, 2.45) is 7.05 Å². The molecular formula is C12H16N6O. The monoisotopic (exact) mass is 260 g/mol. The minimum Gasteiger partial charge on any atom is -0.347 e. The molecule has 7 heteroatoms. The van der Waals surface area contributed by atoms with E-state index in [-0.39, 0.29) is 18.0 Å². The fraction of sp³-hybridized carbons (Fsp3) is 0.417. The number of aryl methyl sites for hydroxylation is 1. The van der Waals surface area contributed by atoms with E-state index in [0.29, 0.717) is 5.69 Å². The summed E-state index contributed by atoms with van der Waals surface area (Å²) in [4.78, 5) is 12.2. The maximum Gasteiger partial charge on any atom is 0.268 e. The van der Waals surface area contributed by atoms with Crippen LogP contribution in [0.15, 0.2) is 30.7 Å². The van der Waals surface area contributed by atoms with E-state index in [4.69, 9.17) is 0 Å². The number of nitrogens with one attached hydrogen (secondary N) is 2. The number of amides is 1. The van der Waals surface area contributed by atoms with Gasteiger partial charge in [-0.3, -0.25) is 4.79 Å². The van der Waals surface area contributed by atoms with E-state index >= 15 is 0 Å². The third kappa shape index (κ3) is 2.24. The van der Waals surface area contributed by atoms with Gasteiger partial charge in [-0.05, 0) is 12.1 Å². The van der Waals surface area contributed by atoms with Crippen molar-refractivity contribution in [3.8, 4) is 0 Å². The summed E-state index contributed by atoms with van der Waals surface area (Å²) >= 11 is 0. The van der Waals surface area contributed by atoms with E-state index < -0.39 is 0 Å². The summed E-state index contributed by atoms with van der Waals surface area (Å²) in [7, 11) is 1.86. The van der Waals surface area contributed by atoms with Crippen LogP contribution in [0.3, 0.4) is 0 Å². The summed E-state index contributed by atoms with van der Waals surface area (Å²) in [5.41, 5.74) is 0.657. The first-order valence-electron chi connectivity index (χ1n) is 6.24. The Kier molecular flexibility index (Phi) is 3.04. The highest BCUT2D eigenvalue weighted by Gasteiger charge is 2.30. The minimum atomic E-state index is -0.0636. The summed E-state index contributed by atoms with van der Waals surface area (Å²) in [6.07, 6.45) is 5.32. The Hall–Kier alpha value is -2.15. The molecule has 0 aliphatic carbocycles. The maximum atomic E-state index is 12.2. The van der Waals surface area contributed by atoms with E-state index in [1.54, 1.807) is 10.9 Å². The number of hydrogen-bond donors (Lipinski definition) is 2. The molecule has 2 atom stereocenters. The molecule has 1 amide bonds. The second kappa shape index (κ2) is 4.85. The molecule has 1 fully saturated rings. The Morgan fingerprint density at radius 2 is 2.37 bits per heavy atom. The molecule has 2 aromatic rings. The standard InChI is InChI=1S/C12H16N6O/c1-17-5-2-3-10(17)12(19)15-9-7-13-8-11(9)18-6-4-14-16-18/h2-6,9,11,13H,7-8H2,1H3,(H,15,19)/t9-,11+/m1/s1. The SMILES string of the molecule is Cn1cccc1C(=O)N[C@@H]1CNC[C@@H]1n1ccnn1. The van der Waals surface area contributed by atoms with Crippen molar-refractivity contribution in [2.45, 2.75) is 12.1 Å². The molecule has 0 aromatic carbocycles. The van der Waals surface area contributed by atoms with Gasteiger partial charge in [0.05, 0.1) is 18.3 Å². The highest BCUT2D eigenvalue weighted by atomic mass is 16.2. The Balaban J connectivity index is 1.72. The molecule has 1 aliphatic heterocycles. The molecule has 0 unspecified atom stereocenters. The van der Waals surface area contributed by atoms with Crippen LogP contribution in [0, 0.1) is 0 Å². The number of aromatic nitrogens is 4. The largest absolute Gasteiger partial charge is 0.347 e. The lowest BCUT2D eigenvalue weighted by molar-refractivity contribution is 0.0922.